The second-order valence-corrected chi connectivity index (χ2v) is 7.66. The summed E-state index contributed by atoms with van der Waals surface area (Å²) in [6.45, 7) is 5.18. The zero-order chi connectivity index (χ0) is 22.2. The summed E-state index contributed by atoms with van der Waals surface area (Å²) in [5, 5.41) is 5.78. The molecule has 0 bridgehead atoms. The minimum atomic E-state index is -0.394. The molecule has 1 fully saturated rings. The van der Waals surface area contributed by atoms with Crippen LogP contribution in [0.25, 0.3) is 0 Å². The highest BCUT2D eigenvalue weighted by atomic mass is 16.5. The summed E-state index contributed by atoms with van der Waals surface area (Å²) in [6.07, 6.45) is 0. The van der Waals surface area contributed by atoms with Gasteiger partial charge in [0.25, 0.3) is 11.8 Å². The van der Waals surface area contributed by atoms with Crippen LogP contribution in [0.1, 0.15) is 6.92 Å². The fraction of sp³-hybridized carbons (Fsp3) is 0.391. The van der Waals surface area contributed by atoms with Gasteiger partial charge in [-0.1, -0.05) is 6.07 Å². The second kappa shape index (κ2) is 10.8. The van der Waals surface area contributed by atoms with E-state index < -0.39 is 6.04 Å². The van der Waals surface area contributed by atoms with Crippen molar-refractivity contribution in [1.82, 2.24) is 0 Å². The first kappa shape index (κ1) is 22.6. The normalized spacial score (nSPS) is 15.6. The van der Waals surface area contributed by atoms with Crippen LogP contribution in [0.2, 0.25) is 0 Å². The molecule has 1 heterocycles. The van der Waals surface area contributed by atoms with Gasteiger partial charge in [-0.25, -0.2) is 0 Å². The van der Waals surface area contributed by atoms with Crippen LogP contribution < -0.4 is 25.2 Å². The van der Waals surface area contributed by atoms with Gasteiger partial charge in [0, 0.05) is 36.2 Å². The molecule has 166 valence electrons. The van der Waals surface area contributed by atoms with Crippen molar-refractivity contribution in [2.75, 3.05) is 62.5 Å². The Labute approximate surface area is 183 Å². The maximum atomic E-state index is 12.7. The number of benzene rings is 2. The number of carbonyl (C=O) groups is 2. The van der Waals surface area contributed by atoms with E-state index in [1.54, 1.807) is 19.2 Å². The Hall–Kier alpha value is -3.10. The molecule has 3 N–H and O–H groups in total. The molecule has 0 radical (unpaired) electrons. The number of methoxy groups -OCH3 is 1. The van der Waals surface area contributed by atoms with E-state index in [1.807, 2.05) is 50.4 Å². The number of anilines is 3. The zero-order valence-electron chi connectivity index (χ0n) is 18.3. The molecule has 8 heteroatoms. The van der Waals surface area contributed by atoms with Crippen LogP contribution in [-0.4, -0.2) is 64.9 Å². The standard InChI is InChI=1S/C23H30N4O4/c1-17(26(2)16-22(28)24-19-5-4-6-21(15-19)30-3)23(29)25-18-7-9-20(10-8-18)27-11-13-31-14-12-27/h4-10,15,17H,11-14,16H2,1-3H3,(H,24,28)(H,25,29)/p+1/t17-/m0/s1. The van der Waals surface area contributed by atoms with Gasteiger partial charge < -0.3 is 29.9 Å². The second-order valence-electron chi connectivity index (χ2n) is 7.66. The Balaban J connectivity index is 1.49. The third-order valence-corrected chi connectivity index (χ3v) is 5.44. The van der Waals surface area contributed by atoms with Gasteiger partial charge in [-0.05, 0) is 43.3 Å². The van der Waals surface area contributed by atoms with Crippen LogP contribution in [0.3, 0.4) is 0 Å². The molecule has 1 saturated heterocycles. The van der Waals surface area contributed by atoms with E-state index in [0.29, 0.717) is 11.4 Å². The molecule has 2 aromatic carbocycles. The van der Waals surface area contributed by atoms with E-state index >= 15 is 0 Å². The molecule has 3 rings (SSSR count). The maximum Gasteiger partial charge on any atom is 0.282 e. The molecule has 1 aliphatic rings. The lowest BCUT2D eigenvalue weighted by atomic mass is 10.2. The van der Waals surface area contributed by atoms with Crippen molar-refractivity contribution < 1.29 is 24.0 Å². The number of ether oxygens (including phenoxy) is 2. The van der Waals surface area contributed by atoms with E-state index in [1.165, 1.54) is 0 Å². The molecule has 2 aromatic rings. The van der Waals surface area contributed by atoms with E-state index in [2.05, 4.69) is 15.5 Å². The molecular weight excluding hydrogens is 396 g/mol. The van der Waals surface area contributed by atoms with Crippen LogP contribution in [-0.2, 0) is 14.3 Å². The number of hydrogen-bond acceptors (Lipinski definition) is 5. The Kier molecular flexibility index (Phi) is 7.86. The predicted octanol–water partition coefficient (Wildman–Crippen LogP) is 1.01. The highest BCUT2D eigenvalue weighted by molar-refractivity contribution is 5.94. The van der Waals surface area contributed by atoms with Crippen LogP contribution in [0, 0.1) is 0 Å². The van der Waals surface area contributed by atoms with Crippen molar-refractivity contribution in [1.29, 1.82) is 0 Å². The Morgan fingerprint density at radius 2 is 1.81 bits per heavy atom. The number of amides is 2. The van der Waals surface area contributed by atoms with Crippen molar-refractivity contribution in [3.05, 3.63) is 48.5 Å². The molecule has 31 heavy (non-hydrogen) atoms. The van der Waals surface area contributed by atoms with Gasteiger partial charge in [0.05, 0.1) is 27.4 Å². The minimum Gasteiger partial charge on any atom is -0.497 e. The average Bonchev–Trinajstić information content (AvgIpc) is 2.79. The molecule has 1 unspecified atom stereocenters. The molecule has 0 aliphatic carbocycles. The highest BCUT2D eigenvalue weighted by Gasteiger charge is 2.24. The fourth-order valence-electron chi connectivity index (χ4n) is 3.36. The fourth-order valence-corrected chi connectivity index (χ4v) is 3.36. The first-order chi connectivity index (χ1) is 15.0. The van der Waals surface area contributed by atoms with Crippen LogP contribution in [0.4, 0.5) is 17.1 Å². The van der Waals surface area contributed by atoms with E-state index in [0.717, 1.165) is 42.6 Å². The summed E-state index contributed by atoms with van der Waals surface area (Å²) < 4.78 is 10.6. The van der Waals surface area contributed by atoms with E-state index in [9.17, 15) is 9.59 Å². The summed E-state index contributed by atoms with van der Waals surface area (Å²) in [5.74, 6) is 0.372. The van der Waals surface area contributed by atoms with Crippen molar-refractivity contribution in [2.45, 2.75) is 13.0 Å². The molecule has 0 saturated carbocycles. The molecule has 2 amide bonds. The topological polar surface area (TPSA) is 84.3 Å². The first-order valence-corrected chi connectivity index (χ1v) is 10.5. The summed E-state index contributed by atoms with van der Waals surface area (Å²) in [7, 11) is 3.41. The lowest BCUT2D eigenvalue weighted by molar-refractivity contribution is -0.885. The number of rotatable bonds is 8. The minimum absolute atomic E-state index is 0.134. The van der Waals surface area contributed by atoms with Crippen LogP contribution >= 0.6 is 0 Å². The van der Waals surface area contributed by atoms with E-state index in [4.69, 9.17) is 9.47 Å². The molecule has 1 aliphatic heterocycles. The summed E-state index contributed by atoms with van der Waals surface area (Å²) in [4.78, 5) is 28.1. The largest absolute Gasteiger partial charge is 0.497 e. The lowest BCUT2D eigenvalue weighted by Crippen LogP contribution is -3.14. The van der Waals surface area contributed by atoms with Crippen molar-refractivity contribution in [3.8, 4) is 5.75 Å². The number of morpholine rings is 1. The molecule has 0 aromatic heterocycles. The number of nitrogens with one attached hydrogen (secondary N) is 3. The number of quaternary nitrogens is 1. The number of carbonyl (C=O) groups excluding carboxylic acids is 2. The Morgan fingerprint density at radius 3 is 2.48 bits per heavy atom. The monoisotopic (exact) mass is 427 g/mol. The third-order valence-electron chi connectivity index (χ3n) is 5.44. The van der Waals surface area contributed by atoms with Gasteiger partial charge in [0.2, 0.25) is 0 Å². The van der Waals surface area contributed by atoms with Crippen molar-refractivity contribution in [2.24, 2.45) is 0 Å². The Morgan fingerprint density at radius 1 is 1.10 bits per heavy atom. The first-order valence-electron chi connectivity index (χ1n) is 10.5. The number of likely N-dealkylation sites (N-methyl/N-ethyl adjacent to an activating group) is 1. The van der Waals surface area contributed by atoms with Gasteiger partial charge in [0.15, 0.2) is 12.6 Å². The van der Waals surface area contributed by atoms with Gasteiger partial charge in [-0.15, -0.1) is 0 Å². The quantitative estimate of drug-likeness (QED) is 0.586. The number of hydrogen-bond donors (Lipinski definition) is 3. The van der Waals surface area contributed by atoms with Gasteiger partial charge in [0.1, 0.15) is 5.75 Å². The summed E-state index contributed by atoms with van der Waals surface area (Å²) >= 11 is 0. The van der Waals surface area contributed by atoms with Crippen LogP contribution in [0.15, 0.2) is 48.5 Å². The van der Waals surface area contributed by atoms with Crippen molar-refractivity contribution in [3.63, 3.8) is 0 Å². The molecule has 8 nitrogen and oxygen atoms in total. The number of nitrogens with zero attached hydrogens (tertiary/aromatic N) is 1. The molecular formula is C23H31N4O4+. The van der Waals surface area contributed by atoms with Gasteiger partial charge in [-0.3, -0.25) is 9.59 Å². The van der Waals surface area contributed by atoms with E-state index in [-0.39, 0.29) is 18.4 Å². The zero-order valence-corrected chi connectivity index (χ0v) is 18.3. The van der Waals surface area contributed by atoms with Crippen LogP contribution in [0.5, 0.6) is 5.75 Å². The predicted molar refractivity (Wildman–Crippen MR) is 121 cm³/mol. The van der Waals surface area contributed by atoms with Gasteiger partial charge in [-0.2, -0.15) is 0 Å². The average molecular weight is 428 g/mol. The third kappa shape index (κ3) is 6.44. The van der Waals surface area contributed by atoms with Gasteiger partial charge >= 0.3 is 0 Å². The summed E-state index contributed by atoms with van der Waals surface area (Å²) in [5.41, 5.74) is 2.52. The summed E-state index contributed by atoms with van der Waals surface area (Å²) in [6, 6.07) is 14.6. The smallest absolute Gasteiger partial charge is 0.282 e. The lowest BCUT2D eigenvalue weighted by Gasteiger charge is -2.29. The van der Waals surface area contributed by atoms with Crippen molar-refractivity contribution >= 4 is 28.9 Å². The SMILES string of the molecule is COc1cccc(NC(=O)C[NH+](C)[C@@H](C)C(=O)Nc2ccc(N3CCOCC3)cc2)c1. The molecule has 2 atom stereocenters. The maximum absolute atomic E-state index is 12.7. The highest BCUT2D eigenvalue weighted by Crippen LogP contribution is 2.19. The molecule has 0 spiro atoms. The Bertz CT molecular complexity index is 881.